The molecule has 1 atom stereocenters. The standard InChI is InChI=1S/C24H23F3N10O/c25-24(26,27)20-12-29-11-19(34-20)23(38)36-8-6-35(7-9-36)17(2-1-4-28)14-37-13-16(10-33-37)21-18-3-5-30-22(18)32-15-31-21/h3,5,10-13,15,17H,1-2,6-9,14H2,(H,30,31,32)/t17-/m0/s1. The third kappa shape index (κ3) is 5.32. The van der Waals surface area contributed by atoms with E-state index in [1.165, 1.54) is 11.2 Å². The van der Waals surface area contributed by atoms with Crippen LogP contribution < -0.4 is 0 Å². The van der Waals surface area contributed by atoms with Crippen molar-refractivity contribution in [2.75, 3.05) is 26.2 Å². The zero-order chi connectivity index (χ0) is 26.7. The summed E-state index contributed by atoms with van der Waals surface area (Å²) in [6.45, 7) is 2.15. The van der Waals surface area contributed by atoms with Crippen molar-refractivity contribution >= 4 is 16.9 Å². The summed E-state index contributed by atoms with van der Waals surface area (Å²) in [5.41, 5.74) is 0.809. The molecule has 11 nitrogen and oxygen atoms in total. The predicted molar refractivity (Wildman–Crippen MR) is 128 cm³/mol. The lowest BCUT2D eigenvalue weighted by Gasteiger charge is -2.39. The molecule has 1 amide bonds. The van der Waals surface area contributed by atoms with Crippen LogP contribution in [0.2, 0.25) is 0 Å². The van der Waals surface area contributed by atoms with Crippen LogP contribution in [0.1, 0.15) is 29.0 Å². The van der Waals surface area contributed by atoms with E-state index >= 15 is 0 Å². The Morgan fingerprint density at radius 3 is 2.74 bits per heavy atom. The van der Waals surface area contributed by atoms with E-state index in [2.05, 4.69) is 41.0 Å². The molecule has 0 saturated carbocycles. The first-order valence-corrected chi connectivity index (χ1v) is 11.9. The van der Waals surface area contributed by atoms with Gasteiger partial charge in [-0.1, -0.05) is 0 Å². The highest BCUT2D eigenvalue weighted by molar-refractivity contribution is 5.92. The minimum Gasteiger partial charge on any atom is -0.346 e. The van der Waals surface area contributed by atoms with Gasteiger partial charge in [-0.2, -0.15) is 23.5 Å². The lowest BCUT2D eigenvalue weighted by atomic mass is 10.1. The van der Waals surface area contributed by atoms with Crippen LogP contribution >= 0.6 is 0 Å². The fraction of sp³-hybridized carbons (Fsp3) is 0.375. The van der Waals surface area contributed by atoms with Gasteiger partial charge in [0, 0.05) is 62.0 Å². The molecular formula is C24H23F3N10O. The Bertz CT molecular complexity index is 1470. The number of fused-ring (bicyclic) bond motifs is 1. The number of hydrogen-bond acceptors (Lipinski definition) is 8. The fourth-order valence-corrected chi connectivity index (χ4v) is 4.58. The van der Waals surface area contributed by atoms with Crippen LogP contribution in [-0.4, -0.2) is 82.6 Å². The SMILES string of the molecule is N#CCC[C@@H](Cn1cc(-c2ncnc3[nH]ccc23)cn1)N1CCN(C(=O)c2cncc(C(F)(F)F)n2)CC1. The number of aromatic nitrogens is 7. The van der Waals surface area contributed by atoms with Gasteiger partial charge in [-0.25, -0.2) is 15.0 Å². The van der Waals surface area contributed by atoms with Gasteiger partial charge in [0.25, 0.3) is 5.91 Å². The number of carbonyl (C=O) groups excluding carboxylic acids is 1. The zero-order valence-corrected chi connectivity index (χ0v) is 20.1. The molecule has 1 fully saturated rings. The van der Waals surface area contributed by atoms with E-state index < -0.39 is 17.8 Å². The molecule has 1 N–H and O–H groups in total. The van der Waals surface area contributed by atoms with Crippen molar-refractivity contribution in [3.05, 3.63) is 54.8 Å². The summed E-state index contributed by atoms with van der Waals surface area (Å²) < 4.78 is 40.7. The van der Waals surface area contributed by atoms with Crippen LogP contribution in [0, 0.1) is 11.3 Å². The Labute approximate surface area is 215 Å². The maximum absolute atomic E-state index is 13.0. The number of hydrogen-bond donors (Lipinski definition) is 1. The number of alkyl halides is 3. The molecule has 4 aromatic heterocycles. The predicted octanol–water partition coefficient (Wildman–Crippen LogP) is 2.76. The van der Waals surface area contributed by atoms with Crippen molar-refractivity contribution < 1.29 is 18.0 Å². The second kappa shape index (κ2) is 10.5. The van der Waals surface area contributed by atoms with Crippen molar-refractivity contribution in [2.45, 2.75) is 31.6 Å². The van der Waals surface area contributed by atoms with E-state index in [1.54, 1.807) is 12.4 Å². The number of aromatic amines is 1. The monoisotopic (exact) mass is 524 g/mol. The molecule has 5 rings (SSSR count). The highest BCUT2D eigenvalue weighted by Gasteiger charge is 2.34. The van der Waals surface area contributed by atoms with Crippen LogP contribution in [0.3, 0.4) is 0 Å². The van der Waals surface area contributed by atoms with Crippen molar-refractivity contribution in [3.63, 3.8) is 0 Å². The summed E-state index contributed by atoms with van der Waals surface area (Å²) in [6, 6.07) is 4.07. The number of piperazine rings is 1. The number of rotatable bonds is 7. The molecule has 0 bridgehead atoms. The number of nitrogens with one attached hydrogen (secondary N) is 1. The summed E-state index contributed by atoms with van der Waals surface area (Å²) >= 11 is 0. The topological polar surface area (TPSA) is 133 Å². The van der Waals surface area contributed by atoms with Gasteiger partial charge in [0.1, 0.15) is 17.7 Å². The maximum atomic E-state index is 13.0. The van der Waals surface area contributed by atoms with Gasteiger partial charge in [-0.15, -0.1) is 0 Å². The second-order valence-electron chi connectivity index (χ2n) is 8.88. The highest BCUT2D eigenvalue weighted by atomic mass is 19.4. The molecule has 0 radical (unpaired) electrons. The number of H-pyrrole nitrogens is 1. The molecule has 0 aromatic carbocycles. The van der Waals surface area contributed by atoms with Gasteiger partial charge in [0.15, 0.2) is 5.69 Å². The minimum absolute atomic E-state index is 0.0225. The Kier molecular flexibility index (Phi) is 7.01. The first-order chi connectivity index (χ1) is 18.3. The number of nitriles is 1. The molecule has 38 heavy (non-hydrogen) atoms. The molecule has 0 unspecified atom stereocenters. The van der Waals surface area contributed by atoms with Crippen LogP contribution in [0.15, 0.2) is 43.4 Å². The number of nitrogens with zero attached hydrogens (tertiary/aromatic N) is 9. The van der Waals surface area contributed by atoms with Crippen molar-refractivity contribution in [3.8, 4) is 17.3 Å². The van der Waals surface area contributed by atoms with Crippen LogP contribution in [0.25, 0.3) is 22.3 Å². The first kappa shape index (κ1) is 25.3. The number of amides is 1. The van der Waals surface area contributed by atoms with E-state index in [-0.39, 0.29) is 11.7 Å². The van der Waals surface area contributed by atoms with Gasteiger partial charge in [0.2, 0.25) is 0 Å². The van der Waals surface area contributed by atoms with Crippen molar-refractivity contribution in [1.29, 1.82) is 5.26 Å². The minimum atomic E-state index is -4.68. The van der Waals surface area contributed by atoms with Crippen molar-refractivity contribution in [1.82, 2.24) is 44.5 Å². The Balaban J connectivity index is 1.25. The molecule has 14 heteroatoms. The smallest absolute Gasteiger partial charge is 0.346 e. The molecule has 1 aliphatic heterocycles. The van der Waals surface area contributed by atoms with Gasteiger partial charge >= 0.3 is 6.18 Å². The Morgan fingerprint density at radius 2 is 1.97 bits per heavy atom. The molecule has 196 valence electrons. The lowest BCUT2D eigenvalue weighted by Crippen LogP contribution is -2.53. The molecule has 1 aliphatic rings. The van der Waals surface area contributed by atoms with Crippen LogP contribution in [-0.2, 0) is 12.7 Å². The van der Waals surface area contributed by atoms with Gasteiger partial charge in [-0.3, -0.25) is 19.4 Å². The molecular weight excluding hydrogens is 501 g/mol. The summed E-state index contributed by atoms with van der Waals surface area (Å²) in [5, 5.41) is 14.6. The zero-order valence-electron chi connectivity index (χ0n) is 20.1. The highest BCUT2D eigenvalue weighted by Crippen LogP contribution is 2.27. The van der Waals surface area contributed by atoms with Gasteiger partial charge in [-0.05, 0) is 12.5 Å². The quantitative estimate of drug-likeness (QED) is 0.390. The van der Waals surface area contributed by atoms with E-state index in [0.717, 1.165) is 28.5 Å². The molecule has 4 aromatic rings. The van der Waals surface area contributed by atoms with Crippen LogP contribution in [0.5, 0.6) is 0 Å². The summed E-state index contributed by atoms with van der Waals surface area (Å²) in [7, 11) is 0. The second-order valence-corrected chi connectivity index (χ2v) is 8.88. The molecule has 0 aliphatic carbocycles. The molecule has 5 heterocycles. The van der Waals surface area contributed by atoms with E-state index in [9.17, 15) is 23.2 Å². The third-order valence-corrected chi connectivity index (χ3v) is 6.51. The maximum Gasteiger partial charge on any atom is 0.434 e. The van der Waals surface area contributed by atoms with E-state index in [1.807, 2.05) is 16.9 Å². The summed E-state index contributed by atoms with van der Waals surface area (Å²) in [5.74, 6) is -0.588. The third-order valence-electron chi connectivity index (χ3n) is 6.51. The van der Waals surface area contributed by atoms with Crippen molar-refractivity contribution in [2.24, 2.45) is 0 Å². The lowest BCUT2D eigenvalue weighted by molar-refractivity contribution is -0.141. The Morgan fingerprint density at radius 1 is 1.16 bits per heavy atom. The fourth-order valence-electron chi connectivity index (χ4n) is 4.58. The first-order valence-electron chi connectivity index (χ1n) is 11.9. The van der Waals surface area contributed by atoms with E-state index in [0.29, 0.717) is 51.8 Å². The van der Waals surface area contributed by atoms with Crippen LogP contribution in [0.4, 0.5) is 13.2 Å². The van der Waals surface area contributed by atoms with Gasteiger partial charge in [0.05, 0.1) is 36.9 Å². The number of halogens is 3. The van der Waals surface area contributed by atoms with Gasteiger partial charge < -0.3 is 9.88 Å². The average molecular weight is 525 g/mol. The molecule has 1 saturated heterocycles. The Hall–Kier alpha value is -4.38. The summed E-state index contributed by atoms with van der Waals surface area (Å²) in [4.78, 5) is 35.1. The number of carbonyl (C=O) groups is 1. The average Bonchev–Trinajstić information content (AvgIpc) is 3.60. The normalized spacial score (nSPS) is 15.5. The summed E-state index contributed by atoms with van der Waals surface area (Å²) in [6.07, 6.45) is 4.87. The van der Waals surface area contributed by atoms with E-state index in [4.69, 9.17) is 0 Å². The largest absolute Gasteiger partial charge is 0.434 e. The molecule has 0 spiro atoms.